The normalized spacial score (nSPS) is 9.60. The maximum Gasteiger partial charge on any atom is 0.503 e. The summed E-state index contributed by atoms with van der Waals surface area (Å²) in [6.45, 7) is 0. The number of benzene rings is 3. The van der Waals surface area contributed by atoms with E-state index in [1.165, 1.54) is 21.9 Å². The van der Waals surface area contributed by atoms with Crippen LogP contribution in [0.4, 0.5) is 4.79 Å². The highest BCUT2D eigenvalue weighted by Gasteiger charge is 2.01. The largest absolute Gasteiger partial charge is 0.503 e. The minimum Gasteiger partial charge on any atom is -0.450 e. The summed E-state index contributed by atoms with van der Waals surface area (Å²) in [6, 6.07) is 25.5. The van der Waals surface area contributed by atoms with Crippen molar-refractivity contribution in [2.45, 2.75) is 0 Å². The molecule has 3 rings (SSSR count). The molecule has 0 aliphatic heterocycles. The van der Waals surface area contributed by atoms with Crippen LogP contribution in [0.1, 0.15) is 0 Å². The van der Waals surface area contributed by atoms with Crippen molar-refractivity contribution in [1.29, 1.82) is 0 Å². The van der Waals surface area contributed by atoms with E-state index in [1.807, 2.05) is 0 Å². The van der Waals surface area contributed by atoms with Crippen LogP contribution >= 0.6 is 0 Å². The van der Waals surface area contributed by atoms with E-state index < -0.39 is 6.16 Å². The molecule has 3 aromatic rings. The Labute approximate surface area is 116 Å². The second kappa shape index (κ2) is 6.38. The summed E-state index contributed by atoms with van der Waals surface area (Å²) >= 11 is 0. The standard InChI is InChI=1S/C16H12.CH2O3/c1-2-7-13(8-3-1)16-12-6-10-14-9-4-5-11-15(14)16;2-1(3)4/h1-12H;(H2,2,3,4). The summed E-state index contributed by atoms with van der Waals surface area (Å²) in [5, 5.41) is 16.6. The smallest absolute Gasteiger partial charge is 0.450 e. The number of carbonyl (C=O) groups is 1. The third kappa shape index (κ3) is 3.36. The van der Waals surface area contributed by atoms with E-state index in [0.29, 0.717) is 0 Å². The summed E-state index contributed by atoms with van der Waals surface area (Å²) in [5.41, 5.74) is 2.58. The van der Waals surface area contributed by atoms with Gasteiger partial charge in [-0.2, -0.15) is 0 Å². The first-order valence-corrected chi connectivity index (χ1v) is 6.13. The van der Waals surface area contributed by atoms with Crippen LogP contribution in [0, 0.1) is 0 Å². The van der Waals surface area contributed by atoms with Gasteiger partial charge in [-0.1, -0.05) is 72.8 Å². The van der Waals surface area contributed by atoms with Gasteiger partial charge >= 0.3 is 6.16 Å². The zero-order chi connectivity index (χ0) is 14.4. The lowest BCUT2D eigenvalue weighted by Gasteiger charge is -2.06. The highest BCUT2D eigenvalue weighted by Crippen LogP contribution is 2.27. The highest BCUT2D eigenvalue weighted by molar-refractivity contribution is 5.96. The maximum atomic E-state index is 8.56. The number of carboxylic acid groups (broad SMARTS) is 2. The third-order valence-corrected chi connectivity index (χ3v) is 2.87. The average molecular weight is 266 g/mol. The van der Waals surface area contributed by atoms with Crippen LogP contribution in [-0.4, -0.2) is 16.4 Å². The van der Waals surface area contributed by atoms with Crippen LogP contribution < -0.4 is 0 Å². The van der Waals surface area contributed by atoms with Gasteiger partial charge in [-0.15, -0.1) is 0 Å². The van der Waals surface area contributed by atoms with E-state index in [2.05, 4.69) is 72.8 Å². The second-order valence-corrected chi connectivity index (χ2v) is 4.18. The van der Waals surface area contributed by atoms with Crippen LogP contribution in [0.15, 0.2) is 72.8 Å². The van der Waals surface area contributed by atoms with Crippen molar-refractivity contribution < 1.29 is 15.0 Å². The van der Waals surface area contributed by atoms with Gasteiger partial charge in [0.2, 0.25) is 0 Å². The molecule has 2 N–H and O–H groups in total. The SMILES string of the molecule is O=C(O)O.c1ccc(-c2cccc3ccccc23)cc1. The monoisotopic (exact) mass is 266 g/mol. The molecular weight excluding hydrogens is 252 g/mol. The van der Waals surface area contributed by atoms with Crippen LogP contribution in [0.5, 0.6) is 0 Å². The zero-order valence-electron chi connectivity index (χ0n) is 10.7. The lowest BCUT2D eigenvalue weighted by Crippen LogP contribution is -1.81. The Morgan fingerprint density at radius 1 is 0.700 bits per heavy atom. The number of rotatable bonds is 1. The Balaban J connectivity index is 0.000000328. The van der Waals surface area contributed by atoms with E-state index in [9.17, 15) is 0 Å². The molecule has 3 heteroatoms. The fourth-order valence-electron chi connectivity index (χ4n) is 2.09. The van der Waals surface area contributed by atoms with Crippen LogP contribution in [-0.2, 0) is 0 Å². The quantitative estimate of drug-likeness (QED) is 0.669. The Kier molecular flexibility index (Phi) is 4.35. The molecule has 0 aliphatic carbocycles. The summed E-state index contributed by atoms with van der Waals surface area (Å²) in [4.78, 5) is 8.56. The van der Waals surface area contributed by atoms with E-state index in [1.54, 1.807) is 0 Å². The fourth-order valence-corrected chi connectivity index (χ4v) is 2.09. The first-order valence-electron chi connectivity index (χ1n) is 6.13. The molecular formula is C17H14O3. The summed E-state index contributed by atoms with van der Waals surface area (Å²) in [7, 11) is 0. The van der Waals surface area contributed by atoms with Crippen molar-refractivity contribution in [2.75, 3.05) is 0 Å². The second-order valence-electron chi connectivity index (χ2n) is 4.18. The summed E-state index contributed by atoms with van der Waals surface area (Å²) in [5.74, 6) is 0. The van der Waals surface area contributed by atoms with Gasteiger partial charge in [-0.25, -0.2) is 4.79 Å². The van der Waals surface area contributed by atoms with E-state index in [0.717, 1.165) is 0 Å². The Bertz CT molecular complexity index is 696. The van der Waals surface area contributed by atoms with Crippen LogP contribution in [0.3, 0.4) is 0 Å². The molecule has 0 saturated carbocycles. The Morgan fingerprint density at radius 2 is 1.25 bits per heavy atom. The predicted molar refractivity (Wildman–Crippen MR) is 80.0 cm³/mol. The fraction of sp³-hybridized carbons (Fsp3) is 0. The van der Waals surface area contributed by atoms with Gasteiger partial charge in [-0.3, -0.25) is 0 Å². The third-order valence-electron chi connectivity index (χ3n) is 2.87. The maximum absolute atomic E-state index is 8.56. The molecule has 0 heterocycles. The van der Waals surface area contributed by atoms with Gasteiger partial charge in [-0.05, 0) is 21.9 Å². The summed E-state index contributed by atoms with van der Waals surface area (Å²) < 4.78 is 0. The highest BCUT2D eigenvalue weighted by atomic mass is 16.6. The average Bonchev–Trinajstić information content (AvgIpc) is 2.47. The molecule has 0 aliphatic rings. The molecule has 0 bridgehead atoms. The Hall–Kier alpha value is -2.81. The number of hydrogen-bond acceptors (Lipinski definition) is 1. The van der Waals surface area contributed by atoms with Crippen molar-refractivity contribution in [2.24, 2.45) is 0 Å². The van der Waals surface area contributed by atoms with E-state index in [-0.39, 0.29) is 0 Å². The van der Waals surface area contributed by atoms with E-state index >= 15 is 0 Å². The van der Waals surface area contributed by atoms with Gasteiger partial charge in [0.05, 0.1) is 0 Å². The zero-order valence-corrected chi connectivity index (χ0v) is 10.7. The first-order chi connectivity index (χ1) is 9.68. The minimum atomic E-state index is -1.83. The van der Waals surface area contributed by atoms with Gasteiger partial charge in [0, 0.05) is 0 Å². The predicted octanol–water partition coefficient (Wildman–Crippen LogP) is 4.73. The molecule has 0 fully saturated rings. The van der Waals surface area contributed by atoms with Crippen molar-refractivity contribution in [3.63, 3.8) is 0 Å². The van der Waals surface area contributed by atoms with Gasteiger partial charge < -0.3 is 10.2 Å². The van der Waals surface area contributed by atoms with Crippen molar-refractivity contribution in [3.05, 3.63) is 72.8 Å². The first kappa shape index (κ1) is 13.6. The lowest BCUT2D eigenvalue weighted by molar-refractivity contribution is 0.137. The van der Waals surface area contributed by atoms with Gasteiger partial charge in [0.25, 0.3) is 0 Å². The van der Waals surface area contributed by atoms with Gasteiger partial charge in [0.15, 0.2) is 0 Å². The van der Waals surface area contributed by atoms with Crippen molar-refractivity contribution in [1.82, 2.24) is 0 Å². The molecule has 20 heavy (non-hydrogen) atoms. The molecule has 0 amide bonds. The minimum absolute atomic E-state index is 1.28. The van der Waals surface area contributed by atoms with Crippen molar-refractivity contribution in [3.8, 4) is 11.1 Å². The summed E-state index contributed by atoms with van der Waals surface area (Å²) in [6.07, 6.45) is -1.83. The molecule has 0 spiro atoms. The topological polar surface area (TPSA) is 57.5 Å². The molecule has 0 unspecified atom stereocenters. The molecule has 0 atom stereocenters. The molecule has 100 valence electrons. The molecule has 0 radical (unpaired) electrons. The number of hydrogen-bond donors (Lipinski definition) is 2. The van der Waals surface area contributed by atoms with Crippen LogP contribution in [0.25, 0.3) is 21.9 Å². The van der Waals surface area contributed by atoms with Gasteiger partial charge in [0.1, 0.15) is 0 Å². The molecule has 0 saturated heterocycles. The Morgan fingerprint density at radius 3 is 1.95 bits per heavy atom. The van der Waals surface area contributed by atoms with Crippen molar-refractivity contribution >= 4 is 16.9 Å². The van der Waals surface area contributed by atoms with Crippen LogP contribution in [0.2, 0.25) is 0 Å². The number of fused-ring (bicyclic) bond motifs is 1. The molecule has 3 nitrogen and oxygen atoms in total. The molecule has 3 aromatic carbocycles. The van der Waals surface area contributed by atoms with E-state index in [4.69, 9.17) is 15.0 Å². The molecule has 0 aromatic heterocycles. The lowest BCUT2D eigenvalue weighted by atomic mass is 9.98.